The number of hydrogen-bond acceptors (Lipinski definition) is 4. The van der Waals surface area contributed by atoms with Crippen LogP contribution in [-0.2, 0) is 14.3 Å². The number of rotatable bonds is 7. The summed E-state index contributed by atoms with van der Waals surface area (Å²) >= 11 is 0. The third-order valence-corrected chi connectivity index (χ3v) is 4.97. The summed E-state index contributed by atoms with van der Waals surface area (Å²) in [6, 6.07) is 14.2. The number of anilines is 2. The fourth-order valence-corrected chi connectivity index (χ4v) is 3.25. The lowest BCUT2D eigenvalue weighted by Crippen LogP contribution is -2.21. The van der Waals surface area contributed by atoms with Crippen LogP contribution >= 0.6 is 0 Å². The van der Waals surface area contributed by atoms with Gasteiger partial charge in [0.1, 0.15) is 0 Å². The predicted molar refractivity (Wildman–Crippen MR) is 112 cm³/mol. The van der Waals surface area contributed by atoms with Crippen molar-refractivity contribution in [2.24, 2.45) is 11.8 Å². The van der Waals surface area contributed by atoms with Gasteiger partial charge < -0.3 is 15.4 Å². The molecule has 1 saturated carbocycles. The molecule has 3 rings (SSSR count). The number of nitrogens with one attached hydrogen (secondary N) is 2. The van der Waals surface area contributed by atoms with E-state index in [0.717, 1.165) is 11.3 Å². The largest absolute Gasteiger partial charge is 0.462 e. The molecule has 2 aromatic carbocycles. The first kappa shape index (κ1) is 20.6. The molecule has 152 valence electrons. The van der Waals surface area contributed by atoms with Crippen molar-refractivity contribution >= 4 is 29.2 Å². The van der Waals surface area contributed by atoms with Gasteiger partial charge >= 0.3 is 5.97 Å². The second-order valence-electron chi connectivity index (χ2n) is 7.47. The number of amides is 2. The van der Waals surface area contributed by atoms with Crippen LogP contribution in [0.15, 0.2) is 48.5 Å². The lowest BCUT2D eigenvalue weighted by atomic mass is 10.0. The van der Waals surface area contributed by atoms with Gasteiger partial charge in [-0.05, 0) is 55.2 Å². The Morgan fingerprint density at radius 2 is 1.59 bits per heavy atom. The number of ether oxygens (including phenoxy) is 1. The van der Waals surface area contributed by atoms with E-state index in [4.69, 9.17) is 4.74 Å². The second-order valence-corrected chi connectivity index (χ2v) is 7.47. The Kier molecular flexibility index (Phi) is 6.32. The van der Waals surface area contributed by atoms with Crippen LogP contribution in [0, 0.1) is 11.8 Å². The highest BCUT2D eigenvalue weighted by Gasteiger charge is 2.48. The molecule has 0 radical (unpaired) electrons. The van der Waals surface area contributed by atoms with E-state index in [9.17, 15) is 14.4 Å². The minimum atomic E-state index is -0.397. The number of esters is 1. The highest BCUT2D eigenvalue weighted by atomic mass is 16.5. The summed E-state index contributed by atoms with van der Waals surface area (Å²) in [5.74, 6) is -1.09. The van der Waals surface area contributed by atoms with E-state index in [2.05, 4.69) is 24.5 Å². The van der Waals surface area contributed by atoms with Crippen molar-refractivity contribution in [3.05, 3.63) is 59.7 Å². The van der Waals surface area contributed by atoms with Crippen LogP contribution in [0.5, 0.6) is 0 Å². The van der Waals surface area contributed by atoms with Crippen molar-refractivity contribution in [3.63, 3.8) is 0 Å². The molecule has 2 amide bonds. The van der Waals surface area contributed by atoms with E-state index < -0.39 is 5.97 Å². The first-order valence-electron chi connectivity index (χ1n) is 9.88. The average molecular weight is 394 g/mol. The maximum atomic E-state index is 12.6. The predicted octanol–water partition coefficient (Wildman–Crippen LogP) is 4.20. The van der Waals surface area contributed by atoms with Gasteiger partial charge in [0.05, 0.1) is 24.0 Å². The highest BCUT2D eigenvalue weighted by molar-refractivity contribution is 6.03. The molecule has 1 fully saturated rings. The van der Waals surface area contributed by atoms with Gasteiger partial charge in [-0.3, -0.25) is 9.59 Å². The van der Waals surface area contributed by atoms with Crippen molar-refractivity contribution in [3.8, 4) is 0 Å². The van der Waals surface area contributed by atoms with Crippen molar-refractivity contribution in [2.45, 2.75) is 33.1 Å². The molecule has 0 aliphatic heterocycles. The van der Waals surface area contributed by atoms with E-state index >= 15 is 0 Å². The summed E-state index contributed by atoms with van der Waals surface area (Å²) in [7, 11) is 0. The zero-order valence-electron chi connectivity index (χ0n) is 16.9. The van der Waals surface area contributed by atoms with E-state index in [1.54, 1.807) is 31.2 Å². The number of carbonyl (C=O) groups is 3. The quantitative estimate of drug-likeness (QED) is 0.690. The first-order valence-corrected chi connectivity index (χ1v) is 9.88. The van der Waals surface area contributed by atoms with Crippen LogP contribution in [0.3, 0.4) is 0 Å². The SMILES string of the molecule is CCOC(=O)c1ccc(NC(=O)C2CC2C(=O)Nc2ccccc2C(C)C)cc1. The van der Waals surface area contributed by atoms with E-state index in [0.29, 0.717) is 30.2 Å². The Morgan fingerprint density at radius 1 is 0.966 bits per heavy atom. The van der Waals surface area contributed by atoms with Crippen LogP contribution in [0.25, 0.3) is 0 Å². The lowest BCUT2D eigenvalue weighted by molar-refractivity contribution is -0.122. The van der Waals surface area contributed by atoms with Crippen LogP contribution in [0.1, 0.15) is 49.0 Å². The molecule has 0 spiro atoms. The van der Waals surface area contributed by atoms with Gasteiger partial charge in [0, 0.05) is 11.4 Å². The van der Waals surface area contributed by atoms with Gasteiger partial charge in [-0.15, -0.1) is 0 Å². The second kappa shape index (κ2) is 8.90. The molecule has 0 saturated heterocycles. The van der Waals surface area contributed by atoms with E-state index in [-0.39, 0.29) is 23.7 Å². The van der Waals surface area contributed by atoms with Crippen molar-refractivity contribution in [1.29, 1.82) is 0 Å². The molecule has 1 aliphatic carbocycles. The number of hydrogen-bond donors (Lipinski definition) is 2. The molecule has 2 aromatic rings. The minimum absolute atomic E-state index is 0.129. The molecule has 2 atom stereocenters. The van der Waals surface area contributed by atoms with Gasteiger partial charge in [-0.2, -0.15) is 0 Å². The smallest absolute Gasteiger partial charge is 0.338 e. The van der Waals surface area contributed by atoms with Gasteiger partial charge in [0.15, 0.2) is 0 Å². The Morgan fingerprint density at radius 3 is 2.21 bits per heavy atom. The maximum Gasteiger partial charge on any atom is 0.338 e. The number of carbonyl (C=O) groups excluding carboxylic acids is 3. The zero-order chi connectivity index (χ0) is 21.0. The summed E-state index contributed by atoms with van der Waals surface area (Å²) in [6.45, 7) is 6.21. The van der Waals surface area contributed by atoms with Gasteiger partial charge in [-0.25, -0.2) is 4.79 Å². The molecule has 29 heavy (non-hydrogen) atoms. The maximum absolute atomic E-state index is 12.6. The summed E-state index contributed by atoms with van der Waals surface area (Å²) in [4.78, 5) is 36.7. The number of benzene rings is 2. The van der Waals surface area contributed by atoms with Crippen LogP contribution < -0.4 is 10.6 Å². The van der Waals surface area contributed by atoms with E-state index in [1.807, 2.05) is 24.3 Å². The van der Waals surface area contributed by atoms with E-state index in [1.165, 1.54) is 0 Å². The third kappa shape index (κ3) is 5.02. The molecule has 0 bridgehead atoms. The van der Waals surface area contributed by atoms with Crippen molar-refractivity contribution < 1.29 is 19.1 Å². The third-order valence-electron chi connectivity index (χ3n) is 4.97. The molecule has 6 heteroatoms. The average Bonchev–Trinajstić information content (AvgIpc) is 3.50. The van der Waals surface area contributed by atoms with Crippen molar-refractivity contribution in [1.82, 2.24) is 0 Å². The minimum Gasteiger partial charge on any atom is -0.462 e. The normalized spacial score (nSPS) is 17.5. The summed E-state index contributed by atoms with van der Waals surface area (Å²) < 4.78 is 4.94. The van der Waals surface area contributed by atoms with Gasteiger partial charge in [-0.1, -0.05) is 32.0 Å². The molecular weight excluding hydrogens is 368 g/mol. The summed E-state index contributed by atoms with van der Waals surface area (Å²) in [5, 5.41) is 5.77. The Balaban J connectivity index is 1.55. The Labute approximate surface area is 170 Å². The highest BCUT2D eigenvalue weighted by Crippen LogP contribution is 2.40. The molecule has 1 aliphatic rings. The van der Waals surface area contributed by atoms with Gasteiger partial charge in [0.2, 0.25) is 11.8 Å². The van der Waals surface area contributed by atoms with Gasteiger partial charge in [0.25, 0.3) is 0 Å². The van der Waals surface area contributed by atoms with Crippen LogP contribution in [0.2, 0.25) is 0 Å². The Bertz CT molecular complexity index is 905. The lowest BCUT2D eigenvalue weighted by Gasteiger charge is -2.13. The summed E-state index contributed by atoms with van der Waals surface area (Å²) in [6.07, 6.45) is 0.530. The molecule has 2 N–H and O–H groups in total. The molecule has 2 unspecified atom stereocenters. The summed E-state index contributed by atoms with van der Waals surface area (Å²) in [5.41, 5.74) is 2.88. The Hall–Kier alpha value is -3.15. The number of para-hydroxylation sites is 1. The monoisotopic (exact) mass is 394 g/mol. The zero-order valence-corrected chi connectivity index (χ0v) is 16.9. The molecular formula is C23H26N2O4. The standard InChI is InChI=1S/C23H26N2O4/c1-4-29-23(28)15-9-11-16(12-10-15)24-21(26)18-13-19(18)22(27)25-20-8-6-5-7-17(20)14(2)3/h5-12,14,18-19H,4,13H2,1-3H3,(H,24,26)(H,25,27). The first-order chi connectivity index (χ1) is 13.9. The fourth-order valence-electron chi connectivity index (χ4n) is 3.25. The van der Waals surface area contributed by atoms with Crippen LogP contribution in [-0.4, -0.2) is 24.4 Å². The fraction of sp³-hybridized carbons (Fsp3) is 0.348. The molecule has 6 nitrogen and oxygen atoms in total. The molecule has 0 heterocycles. The van der Waals surface area contributed by atoms with Crippen LogP contribution in [0.4, 0.5) is 11.4 Å². The molecule has 0 aromatic heterocycles. The van der Waals surface area contributed by atoms with Crippen molar-refractivity contribution in [2.75, 3.05) is 17.2 Å². The topological polar surface area (TPSA) is 84.5 Å².